The van der Waals surface area contributed by atoms with E-state index in [-0.39, 0.29) is 30.5 Å². The van der Waals surface area contributed by atoms with E-state index in [0.717, 1.165) is 0 Å². The third kappa shape index (κ3) is 5.55. The molecule has 0 aromatic heterocycles. The summed E-state index contributed by atoms with van der Waals surface area (Å²) in [5, 5.41) is 11.0. The Bertz CT molecular complexity index is 1190. The minimum absolute atomic E-state index is 0.0372. The number of carbonyl (C=O) groups excluding carboxylic acids is 2. The lowest BCUT2D eigenvalue weighted by Crippen LogP contribution is -2.15. The second-order valence-corrected chi connectivity index (χ2v) is 7.58. The van der Waals surface area contributed by atoms with E-state index in [1.54, 1.807) is 26.0 Å². The summed E-state index contributed by atoms with van der Waals surface area (Å²) in [6, 6.07) is 7.60. The molecule has 3 rings (SSSR count). The Kier molecular flexibility index (Phi) is 7.44. The number of halogens is 1. The Morgan fingerprint density at radius 1 is 1.30 bits per heavy atom. The summed E-state index contributed by atoms with van der Waals surface area (Å²) in [5.74, 6) is -0.521. The van der Waals surface area contributed by atoms with Gasteiger partial charge < -0.3 is 18.9 Å². The van der Waals surface area contributed by atoms with Crippen LogP contribution in [0.5, 0.6) is 11.5 Å². The number of cyclic esters (lactones) is 1. The van der Waals surface area contributed by atoms with Crippen molar-refractivity contribution in [1.29, 1.82) is 0 Å². The van der Waals surface area contributed by atoms with Crippen LogP contribution in [0, 0.1) is 17.0 Å². The monoisotopic (exact) mass is 518 g/mol. The summed E-state index contributed by atoms with van der Waals surface area (Å²) >= 11 is 3.37. The van der Waals surface area contributed by atoms with Crippen LogP contribution in [-0.2, 0) is 19.1 Å². The minimum Gasteiger partial charge on any atom is -0.493 e. The molecule has 1 heterocycles. The Hall–Kier alpha value is -3.73. The van der Waals surface area contributed by atoms with Gasteiger partial charge in [0.2, 0.25) is 5.90 Å². The molecule has 0 aliphatic carbocycles. The summed E-state index contributed by atoms with van der Waals surface area (Å²) in [5.41, 5.74) is 1.41. The summed E-state index contributed by atoms with van der Waals surface area (Å²) < 4.78 is 21.4. The van der Waals surface area contributed by atoms with Crippen molar-refractivity contribution in [3.05, 3.63) is 67.3 Å². The van der Waals surface area contributed by atoms with Gasteiger partial charge in [0.05, 0.1) is 23.1 Å². The summed E-state index contributed by atoms with van der Waals surface area (Å²) in [6.07, 6.45) is 1.50. The average Bonchev–Trinajstić information content (AvgIpc) is 3.12. The molecular weight excluding hydrogens is 500 g/mol. The van der Waals surface area contributed by atoms with E-state index in [9.17, 15) is 19.7 Å². The van der Waals surface area contributed by atoms with Crippen LogP contribution in [0.2, 0.25) is 0 Å². The fourth-order valence-electron chi connectivity index (χ4n) is 2.98. The Labute approximate surface area is 197 Å². The summed E-state index contributed by atoms with van der Waals surface area (Å²) in [4.78, 5) is 38.6. The SMILES string of the molecule is CCOC(=O)COc1c(Br)cc(/C=C2\N=C(c3ccc([N+](=O)[O-])c(C)c3)OC2=O)cc1OC. The number of nitro benzene ring substituents is 1. The molecule has 0 unspecified atom stereocenters. The van der Waals surface area contributed by atoms with Crippen LogP contribution < -0.4 is 9.47 Å². The van der Waals surface area contributed by atoms with Crippen molar-refractivity contribution in [2.75, 3.05) is 20.3 Å². The standard InChI is InChI=1S/C22H19BrN2O8/c1-4-31-19(26)11-32-20-15(23)8-13(10-18(20)30-3)9-16-22(27)33-21(24-16)14-5-6-17(25(28)29)12(2)7-14/h5-10H,4,11H2,1-3H3/b16-9-. The normalized spacial score (nSPS) is 14.0. The molecule has 0 bridgehead atoms. The number of nitro groups is 1. The highest BCUT2D eigenvalue weighted by Gasteiger charge is 2.26. The second kappa shape index (κ2) is 10.3. The van der Waals surface area contributed by atoms with E-state index in [2.05, 4.69) is 20.9 Å². The number of methoxy groups -OCH3 is 1. The molecule has 172 valence electrons. The lowest BCUT2D eigenvalue weighted by atomic mass is 10.1. The first kappa shape index (κ1) is 23.9. The van der Waals surface area contributed by atoms with E-state index in [1.807, 2.05) is 0 Å². The maximum Gasteiger partial charge on any atom is 0.363 e. The van der Waals surface area contributed by atoms with E-state index < -0.39 is 16.9 Å². The number of ether oxygens (including phenoxy) is 4. The Balaban J connectivity index is 1.88. The molecule has 0 atom stereocenters. The fraction of sp³-hybridized carbons (Fsp3) is 0.227. The molecule has 0 spiro atoms. The van der Waals surface area contributed by atoms with Gasteiger partial charge in [0.15, 0.2) is 23.8 Å². The first-order valence-corrected chi connectivity index (χ1v) is 10.5. The highest BCUT2D eigenvalue weighted by molar-refractivity contribution is 9.10. The Morgan fingerprint density at radius 3 is 2.70 bits per heavy atom. The van der Waals surface area contributed by atoms with Crippen LogP contribution in [0.3, 0.4) is 0 Å². The first-order valence-electron chi connectivity index (χ1n) is 9.67. The van der Waals surface area contributed by atoms with Crippen molar-refractivity contribution >= 4 is 45.5 Å². The molecule has 33 heavy (non-hydrogen) atoms. The molecule has 0 fully saturated rings. The highest BCUT2D eigenvalue weighted by atomic mass is 79.9. The number of aryl methyl sites for hydroxylation is 1. The van der Waals surface area contributed by atoms with Crippen LogP contribution in [-0.4, -0.2) is 43.1 Å². The second-order valence-electron chi connectivity index (χ2n) is 6.72. The third-order valence-electron chi connectivity index (χ3n) is 4.46. The maximum absolute atomic E-state index is 12.3. The average molecular weight is 519 g/mol. The molecule has 2 aromatic rings. The van der Waals surface area contributed by atoms with Gasteiger partial charge in [0.25, 0.3) is 5.69 Å². The van der Waals surface area contributed by atoms with Gasteiger partial charge in [-0.05, 0) is 65.7 Å². The first-order chi connectivity index (χ1) is 15.7. The predicted octanol–water partition coefficient (Wildman–Crippen LogP) is 3.96. The van der Waals surface area contributed by atoms with Gasteiger partial charge in [-0.25, -0.2) is 14.6 Å². The van der Waals surface area contributed by atoms with E-state index in [0.29, 0.717) is 32.7 Å². The molecule has 1 aliphatic rings. The van der Waals surface area contributed by atoms with E-state index >= 15 is 0 Å². The molecule has 0 saturated carbocycles. The van der Waals surface area contributed by atoms with Crippen molar-refractivity contribution in [2.45, 2.75) is 13.8 Å². The molecule has 10 nitrogen and oxygen atoms in total. The number of benzene rings is 2. The van der Waals surface area contributed by atoms with Gasteiger partial charge in [0, 0.05) is 17.2 Å². The van der Waals surface area contributed by atoms with Crippen LogP contribution in [0.15, 0.2) is 45.5 Å². The quantitative estimate of drug-likeness (QED) is 0.222. The van der Waals surface area contributed by atoms with Crippen LogP contribution in [0.1, 0.15) is 23.6 Å². The van der Waals surface area contributed by atoms with Crippen molar-refractivity contribution in [1.82, 2.24) is 0 Å². The van der Waals surface area contributed by atoms with Gasteiger partial charge in [-0.15, -0.1) is 0 Å². The predicted molar refractivity (Wildman–Crippen MR) is 121 cm³/mol. The summed E-state index contributed by atoms with van der Waals surface area (Å²) in [6.45, 7) is 3.23. The van der Waals surface area contributed by atoms with Crippen LogP contribution >= 0.6 is 15.9 Å². The van der Waals surface area contributed by atoms with Gasteiger partial charge in [-0.1, -0.05) is 0 Å². The number of nitrogens with zero attached hydrogens (tertiary/aromatic N) is 2. The van der Waals surface area contributed by atoms with E-state index in [1.165, 1.54) is 31.4 Å². The lowest BCUT2D eigenvalue weighted by Gasteiger charge is -2.13. The van der Waals surface area contributed by atoms with Gasteiger partial charge >= 0.3 is 11.9 Å². The smallest absolute Gasteiger partial charge is 0.363 e. The van der Waals surface area contributed by atoms with Crippen molar-refractivity contribution < 1.29 is 33.5 Å². The number of hydrogen-bond acceptors (Lipinski definition) is 9. The topological polar surface area (TPSA) is 127 Å². The summed E-state index contributed by atoms with van der Waals surface area (Å²) in [7, 11) is 1.44. The lowest BCUT2D eigenvalue weighted by molar-refractivity contribution is -0.385. The molecular formula is C22H19BrN2O8. The maximum atomic E-state index is 12.3. The van der Waals surface area contributed by atoms with Gasteiger partial charge in [0.1, 0.15) is 0 Å². The molecule has 0 amide bonds. The third-order valence-corrected chi connectivity index (χ3v) is 5.04. The molecule has 1 aliphatic heterocycles. The van der Waals surface area contributed by atoms with Crippen molar-refractivity contribution in [3.8, 4) is 11.5 Å². The molecule has 11 heteroatoms. The van der Waals surface area contributed by atoms with Crippen LogP contribution in [0.4, 0.5) is 5.69 Å². The molecule has 0 N–H and O–H groups in total. The van der Waals surface area contributed by atoms with E-state index in [4.69, 9.17) is 18.9 Å². The number of rotatable bonds is 8. The van der Waals surface area contributed by atoms with Crippen LogP contribution in [0.25, 0.3) is 6.08 Å². The van der Waals surface area contributed by atoms with Crippen molar-refractivity contribution in [2.24, 2.45) is 4.99 Å². The molecule has 0 saturated heterocycles. The molecule has 2 aromatic carbocycles. The number of aliphatic imine (C=N–C) groups is 1. The number of esters is 2. The zero-order valence-corrected chi connectivity index (χ0v) is 19.5. The number of hydrogen-bond donors (Lipinski definition) is 0. The van der Waals surface area contributed by atoms with Gasteiger partial charge in [-0.3, -0.25) is 10.1 Å². The zero-order chi connectivity index (χ0) is 24.1. The largest absolute Gasteiger partial charge is 0.493 e. The van der Waals surface area contributed by atoms with Crippen molar-refractivity contribution in [3.63, 3.8) is 0 Å². The number of carbonyl (C=O) groups is 2. The zero-order valence-electron chi connectivity index (χ0n) is 17.9. The molecule has 0 radical (unpaired) electrons. The fourth-order valence-corrected chi connectivity index (χ4v) is 3.55. The minimum atomic E-state index is -0.668. The van der Waals surface area contributed by atoms with Gasteiger partial charge in [-0.2, -0.15) is 0 Å². The Morgan fingerprint density at radius 2 is 2.06 bits per heavy atom. The highest BCUT2D eigenvalue weighted by Crippen LogP contribution is 2.37.